The Labute approximate surface area is 274 Å². The molecular weight excluding hydrogens is 582 g/mol. The second-order valence-electron chi connectivity index (χ2n) is 14.6. The molecule has 0 radical (unpaired) electrons. The van der Waals surface area contributed by atoms with Gasteiger partial charge in [-0.3, -0.25) is 9.59 Å². The number of hydrogen-bond acceptors (Lipinski definition) is 6. The number of nitrogens with one attached hydrogen (secondary N) is 2. The molecule has 3 rings (SSSR count). The molecule has 2 aromatic rings. The van der Waals surface area contributed by atoms with Crippen molar-refractivity contribution in [1.29, 1.82) is 0 Å². The van der Waals surface area contributed by atoms with Crippen LogP contribution in [-0.4, -0.2) is 58.1 Å². The SMILES string of the molecule is CCC(C)C(NC(=O)OC(C)(C)C)C(=O)N(C(C(=O)NC(Cc1ccccc1)C(=O)OC(C)(C)C)c1ccccc1C)C1CC1C. The molecule has 0 saturated heterocycles. The van der Waals surface area contributed by atoms with Crippen molar-refractivity contribution in [2.24, 2.45) is 11.8 Å². The van der Waals surface area contributed by atoms with E-state index in [1.807, 2.05) is 82.3 Å². The van der Waals surface area contributed by atoms with E-state index in [9.17, 15) is 19.2 Å². The van der Waals surface area contributed by atoms with Gasteiger partial charge in [-0.15, -0.1) is 0 Å². The quantitative estimate of drug-likeness (QED) is 0.265. The molecule has 9 heteroatoms. The highest BCUT2D eigenvalue weighted by Crippen LogP contribution is 2.41. The van der Waals surface area contributed by atoms with Gasteiger partial charge in [0.1, 0.15) is 29.3 Å². The first-order chi connectivity index (χ1) is 21.4. The van der Waals surface area contributed by atoms with Gasteiger partial charge in [0.05, 0.1) is 0 Å². The van der Waals surface area contributed by atoms with Crippen molar-refractivity contribution in [2.45, 2.75) is 124 Å². The van der Waals surface area contributed by atoms with Gasteiger partial charge in [-0.25, -0.2) is 9.59 Å². The van der Waals surface area contributed by atoms with E-state index in [-0.39, 0.29) is 30.2 Å². The minimum Gasteiger partial charge on any atom is -0.458 e. The van der Waals surface area contributed by atoms with Gasteiger partial charge >= 0.3 is 12.1 Å². The molecule has 0 spiro atoms. The van der Waals surface area contributed by atoms with Crippen LogP contribution in [0.15, 0.2) is 54.6 Å². The molecule has 1 aliphatic carbocycles. The van der Waals surface area contributed by atoms with Gasteiger partial charge < -0.3 is 25.0 Å². The van der Waals surface area contributed by atoms with Crippen LogP contribution in [0.2, 0.25) is 0 Å². The molecule has 0 aromatic heterocycles. The highest BCUT2D eigenvalue weighted by atomic mass is 16.6. The molecule has 6 unspecified atom stereocenters. The van der Waals surface area contributed by atoms with Crippen LogP contribution < -0.4 is 10.6 Å². The van der Waals surface area contributed by atoms with E-state index in [1.54, 1.807) is 46.4 Å². The number of amides is 3. The smallest absolute Gasteiger partial charge is 0.408 e. The van der Waals surface area contributed by atoms with E-state index in [2.05, 4.69) is 10.6 Å². The standard InChI is InChI=1S/C37H53N3O6/c1-11-23(2)30(39-35(44)46-37(8,9)10)33(42)40(29-21-25(29)4)31(27-20-16-15-17-24(27)3)32(41)38-28(34(43)45-36(5,6)7)22-26-18-13-12-14-19-26/h12-20,23,25,28-31H,11,21-22H2,1-10H3,(H,38,41)(H,39,44). The zero-order valence-electron chi connectivity index (χ0n) is 29.2. The summed E-state index contributed by atoms with van der Waals surface area (Å²) in [7, 11) is 0. The Morgan fingerprint density at radius 3 is 1.98 bits per heavy atom. The van der Waals surface area contributed by atoms with Crippen molar-refractivity contribution in [3.8, 4) is 0 Å². The molecule has 2 aromatic carbocycles. The number of alkyl carbamates (subject to hydrolysis) is 1. The molecule has 6 atom stereocenters. The van der Waals surface area contributed by atoms with Gasteiger partial charge in [-0.1, -0.05) is 81.8 Å². The summed E-state index contributed by atoms with van der Waals surface area (Å²) in [5, 5.41) is 5.80. The normalized spacial score (nSPS) is 18.7. The van der Waals surface area contributed by atoms with E-state index in [1.165, 1.54) is 0 Å². The Morgan fingerprint density at radius 1 is 0.891 bits per heavy atom. The number of carbonyl (C=O) groups excluding carboxylic acids is 4. The fourth-order valence-electron chi connectivity index (χ4n) is 5.43. The van der Waals surface area contributed by atoms with Crippen LogP contribution in [0.3, 0.4) is 0 Å². The van der Waals surface area contributed by atoms with E-state index in [4.69, 9.17) is 9.47 Å². The van der Waals surface area contributed by atoms with Crippen LogP contribution in [0.1, 0.15) is 97.9 Å². The number of benzene rings is 2. The van der Waals surface area contributed by atoms with Crippen LogP contribution in [0.4, 0.5) is 4.79 Å². The summed E-state index contributed by atoms with van der Waals surface area (Å²) >= 11 is 0. The Hall–Kier alpha value is -3.88. The number of carbonyl (C=O) groups is 4. The Balaban J connectivity index is 2.08. The summed E-state index contributed by atoms with van der Waals surface area (Å²) in [4.78, 5) is 57.4. The fourth-order valence-corrected chi connectivity index (χ4v) is 5.43. The lowest BCUT2D eigenvalue weighted by Gasteiger charge is -2.37. The van der Waals surface area contributed by atoms with Crippen molar-refractivity contribution >= 4 is 23.9 Å². The highest BCUT2D eigenvalue weighted by molar-refractivity contribution is 5.94. The van der Waals surface area contributed by atoms with Crippen LogP contribution in [0.5, 0.6) is 0 Å². The van der Waals surface area contributed by atoms with Crippen LogP contribution in [0.25, 0.3) is 0 Å². The molecule has 1 saturated carbocycles. The Bertz CT molecular complexity index is 1360. The molecule has 1 aliphatic rings. The zero-order chi connectivity index (χ0) is 34.4. The topological polar surface area (TPSA) is 114 Å². The summed E-state index contributed by atoms with van der Waals surface area (Å²) < 4.78 is 11.3. The van der Waals surface area contributed by atoms with E-state index < -0.39 is 47.3 Å². The van der Waals surface area contributed by atoms with Gasteiger partial charge in [0.25, 0.3) is 0 Å². The molecule has 2 N–H and O–H groups in total. The fraction of sp³-hybridized carbons (Fsp3) is 0.568. The average molecular weight is 636 g/mol. The number of hydrogen-bond donors (Lipinski definition) is 2. The van der Waals surface area contributed by atoms with E-state index in [0.29, 0.717) is 18.4 Å². The largest absolute Gasteiger partial charge is 0.458 e. The van der Waals surface area contributed by atoms with Crippen LogP contribution >= 0.6 is 0 Å². The van der Waals surface area contributed by atoms with Gasteiger partial charge in [-0.05, 0) is 83.4 Å². The monoisotopic (exact) mass is 635 g/mol. The second kappa shape index (κ2) is 15.1. The first-order valence-corrected chi connectivity index (χ1v) is 16.4. The average Bonchev–Trinajstić information content (AvgIpc) is 3.68. The lowest BCUT2D eigenvalue weighted by atomic mass is 9.93. The lowest BCUT2D eigenvalue weighted by Crippen LogP contribution is -2.57. The predicted octanol–water partition coefficient (Wildman–Crippen LogP) is 6.28. The molecule has 252 valence electrons. The van der Waals surface area contributed by atoms with Crippen molar-refractivity contribution < 1.29 is 28.7 Å². The van der Waals surface area contributed by atoms with Crippen molar-refractivity contribution in [2.75, 3.05) is 0 Å². The van der Waals surface area contributed by atoms with Gasteiger partial charge in [0.2, 0.25) is 11.8 Å². The molecule has 0 heterocycles. The molecule has 9 nitrogen and oxygen atoms in total. The first-order valence-electron chi connectivity index (χ1n) is 16.4. The number of nitrogens with zero attached hydrogens (tertiary/aromatic N) is 1. The number of ether oxygens (including phenoxy) is 2. The number of esters is 1. The van der Waals surface area contributed by atoms with E-state index >= 15 is 0 Å². The summed E-state index contributed by atoms with van der Waals surface area (Å²) in [5.41, 5.74) is 0.806. The third-order valence-corrected chi connectivity index (χ3v) is 8.13. The molecule has 46 heavy (non-hydrogen) atoms. The van der Waals surface area contributed by atoms with Gasteiger partial charge in [0, 0.05) is 12.5 Å². The van der Waals surface area contributed by atoms with Crippen molar-refractivity contribution in [3.05, 3.63) is 71.3 Å². The minimum absolute atomic E-state index is 0.147. The Kier molecular flexibility index (Phi) is 12.0. The van der Waals surface area contributed by atoms with Crippen molar-refractivity contribution in [1.82, 2.24) is 15.5 Å². The third-order valence-electron chi connectivity index (χ3n) is 8.13. The predicted molar refractivity (Wildman–Crippen MR) is 179 cm³/mol. The lowest BCUT2D eigenvalue weighted by molar-refractivity contribution is -0.159. The second-order valence-corrected chi connectivity index (χ2v) is 14.6. The van der Waals surface area contributed by atoms with Crippen LogP contribution in [-0.2, 0) is 30.3 Å². The summed E-state index contributed by atoms with van der Waals surface area (Å²) in [6.07, 6.45) is 0.838. The summed E-state index contributed by atoms with van der Waals surface area (Å²) in [6.45, 7) is 18.4. The summed E-state index contributed by atoms with van der Waals surface area (Å²) in [6, 6.07) is 13.7. The molecular formula is C37H53N3O6. The number of rotatable bonds is 12. The van der Waals surface area contributed by atoms with Gasteiger partial charge in [0.15, 0.2) is 0 Å². The molecule has 0 bridgehead atoms. The highest BCUT2D eigenvalue weighted by Gasteiger charge is 2.49. The number of aryl methyl sites for hydroxylation is 1. The maximum Gasteiger partial charge on any atom is 0.408 e. The first kappa shape index (κ1) is 36.6. The minimum atomic E-state index is -1.06. The summed E-state index contributed by atoms with van der Waals surface area (Å²) in [5.74, 6) is -1.52. The zero-order valence-corrected chi connectivity index (χ0v) is 29.2. The maximum absolute atomic E-state index is 14.7. The molecule has 0 aliphatic heterocycles. The Morgan fingerprint density at radius 2 is 1.46 bits per heavy atom. The third kappa shape index (κ3) is 10.3. The van der Waals surface area contributed by atoms with Gasteiger partial charge in [-0.2, -0.15) is 0 Å². The molecule has 1 fully saturated rings. The molecule has 3 amide bonds. The van der Waals surface area contributed by atoms with Crippen molar-refractivity contribution in [3.63, 3.8) is 0 Å². The van der Waals surface area contributed by atoms with Crippen LogP contribution in [0, 0.1) is 18.8 Å². The maximum atomic E-state index is 14.7. The van der Waals surface area contributed by atoms with E-state index in [0.717, 1.165) is 11.1 Å².